The summed E-state index contributed by atoms with van der Waals surface area (Å²) in [7, 11) is 1.53. The van der Waals surface area contributed by atoms with Crippen molar-refractivity contribution in [2.75, 3.05) is 13.7 Å². The van der Waals surface area contributed by atoms with E-state index in [1.807, 2.05) is 13.8 Å². The molecule has 0 N–H and O–H groups in total. The fourth-order valence-corrected chi connectivity index (χ4v) is 1.92. The van der Waals surface area contributed by atoms with Gasteiger partial charge in [0, 0.05) is 12.5 Å². The Labute approximate surface area is 78.7 Å². The first-order chi connectivity index (χ1) is 5.98. The van der Waals surface area contributed by atoms with Crippen LogP contribution in [0.5, 0.6) is 0 Å². The second-order valence-electron chi connectivity index (χ2n) is 4.34. The standard InChI is InChI=1S/C10H15NO2/c1-9(2)4-5-10(6-11,7-13-3)8(9)12/h4-5,7H2,1-3H3. The van der Waals surface area contributed by atoms with Crippen molar-refractivity contribution in [2.24, 2.45) is 10.8 Å². The Bertz CT molecular complexity index is 265. The topological polar surface area (TPSA) is 50.1 Å². The van der Waals surface area contributed by atoms with Gasteiger partial charge in [0.1, 0.15) is 5.41 Å². The van der Waals surface area contributed by atoms with Crippen molar-refractivity contribution in [2.45, 2.75) is 26.7 Å². The highest BCUT2D eigenvalue weighted by molar-refractivity contribution is 5.94. The maximum absolute atomic E-state index is 11.9. The first-order valence-corrected chi connectivity index (χ1v) is 4.44. The molecule has 0 saturated heterocycles. The molecule has 1 aliphatic carbocycles. The Kier molecular flexibility index (Phi) is 2.44. The Morgan fingerprint density at radius 3 is 2.46 bits per heavy atom. The first-order valence-electron chi connectivity index (χ1n) is 4.44. The fourth-order valence-electron chi connectivity index (χ4n) is 1.92. The second-order valence-corrected chi connectivity index (χ2v) is 4.34. The molecular weight excluding hydrogens is 166 g/mol. The molecule has 0 heterocycles. The lowest BCUT2D eigenvalue weighted by Gasteiger charge is -2.21. The molecule has 0 aromatic carbocycles. The average molecular weight is 181 g/mol. The number of Topliss-reactive ketones (excluding diaryl/α,β-unsaturated/α-hetero) is 1. The molecule has 0 aromatic heterocycles. The van der Waals surface area contributed by atoms with Crippen LogP contribution in [0.15, 0.2) is 0 Å². The SMILES string of the molecule is COCC1(C#N)CCC(C)(C)C1=O. The van der Waals surface area contributed by atoms with Crippen LogP contribution in [0, 0.1) is 22.2 Å². The highest BCUT2D eigenvalue weighted by atomic mass is 16.5. The van der Waals surface area contributed by atoms with Crippen molar-refractivity contribution in [3.63, 3.8) is 0 Å². The maximum Gasteiger partial charge on any atom is 0.161 e. The summed E-state index contributed by atoms with van der Waals surface area (Å²) in [5.74, 6) is 0.0318. The predicted molar refractivity (Wildman–Crippen MR) is 47.9 cm³/mol. The normalized spacial score (nSPS) is 31.7. The number of hydrogen-bond donors (Lipinski definition) is 0. The third kappa shape index (κ3) is 1.47. The van der Waals surface area contributed by atoms with E-state index in [9.17, 15) is 4.79 Å². The van der Waals surface area contributed by atoms with Crippen molar-refractivity contribution in [1.82, 2.24) is 0 Å². The molecule has 13 heavy (non-hydrogen) atoms. The van der Waals surface area contributed by atoms with Crippen molar-refractivity contribution in [1.29, 1.82) is 5.26 Å². The Hall–Kier alpha value is -0.880. The van der Waals surface area contributed by atoms with Crippen LogP contribution in [0.3, 0.4) is 0 Å². The van der Waals surface area contributed by atoms with Gasteiger partial charge in [-0.1, -0.05) is 13.8 Å². The fraction of sp³-hybridized carbons (Fsp3) is 0.800. The zero-order valence-electron chi connectivity index (χ0n) is 8.39. The number of carbonyl (C=O) groups excluding carboxylic acids is 1. The maximum atomic E-state index is 11.9. The largest absolute Gasteiger partial charge is 0.383 e. The quantitative estimate of drug-likeness (QED) is 0.649. The van der Waals surface area contributed by atoms with Crippen molar-refractivity contribution >= 4 is 5.78 Å². The minimum Gasteiger partial charge on any atom is -0.383 e. The van der Waals surface area contributed by atoms with E-state index in [1.165, 1.54) is 7.11 Å². The lowest BCUT2D eigenvalue weighted by molar-refractivity contribution is -0.132. The number of nitrogens with zero attached hydrogens (tertiary/aromatic N) is 1. The molecule has 0 spiro atoms. The van der Waals surface area contributed by atoms with Crippen LogP contribution >= 0.6 is 0 Å². The van der Waals surface area contributed by atoms with Crippen LogP contribution in [0.25, 0.3) is 0 Å². The third-order valence-corrected chi connectivity index (χ3v) is 2.83. The molecule has 1 atom stereocenters. The summed E-state index contributed by atoms with van der Waals surface area (Å²) in [6.45, 7) is 4.01. The van der Waals surface area contributed by atoms with Gasteiger partial charge in [0.15, 0.2) is 5.78 Å². The van der Waals surface area contributed by atoms with Gasteiger partial charge >= 0.3 is 0 Å². The van der Waals surface area contributed by atoms with Crippen LogP contribution in [-0.2, 0) is 9.53 Å². The lowest BCUT2D eigenvalue weighted by Crippen LogP contribution is -2.34. The van der Waals surface area contributed by atoms with E-state index in [-0.39, 0.29) is 17.8 Å². The summed E-state index contributed by atoms with van der Waals surface area (Å²) >= 11 is 0. The van der Waals surface area contributed by atoms with Crippen LogP contribution in [0.2, 0.25) is 0 Å². The van der Waals surface area contributed by atoms with Crippen LogP contribution in [0.1, 0.15) is 26.7 Å². The number of rotatable bonds is 2. The molecule has 1 saturated carbocycles. The van der Waals surface area contributed by atoms with E-state index in [1.54, 1.807) is 0 Å². The number of ether oxygens (including phenoxy) is 1. The molecule has 3 heteroatoms. The van der Waals surface area contributed by atoms with Crippen molar-refractivity contribution in [3.8, 4) is 6.07 Å². The molecular formula is C10H15NO2. The predicted octanol–water partition coefficient (Wildman–Crippen LogP) is 1.53. The summed E-state index contributed by atoms with van der Waals surface area (Å²) in [6.07, 6.45) is 1.41. The van der Waals surface area contributed by atoms with E-state index in [2.05, 4.69) is 6.07 Å². The van der Waals surface area contributed by atoms with Gasteiger partial charge in [-0.25, -0.2) is 0 Å². The minimum absolute atomic E-state index is 0.0318. The van der Waals surface area contributed by atoms with Crippen LogP contribution < -0.4 is 0 Å². The number of nitriles is 1. The number of methoxy groups -OCH3 is 1. The summed E-state index contributed by atoms with van der Waals surface area (Å²) < 4.78 is 4.94. The highest BCUT2D eigenvalue weighted by Crippen LogP contribution is 2.45. The van der Waals surface area contributed by atoms with Gasteiger partial charge in [0.25, 0.3) is 0 Å². The molecule has 1 unspecified atom stereocenters. The minimum atomic E-state index is -0.877. The van der Waals surface area contributed by atoms with Gasteiger partial charge < -0.3 is 4.74 Å². The number of hydrogen-bond acceptors (Lipinski definition) is 3. The molecule has 1 aliphatic rings. The molecule has 0 radical (unpaired) electrons. The van der Waals surface area contributed by atoms with Crippen molar-refractivity contribution < 1.29 is 9.53 Å². The zero-order chi connectivity index (χ0) is 10.1. The van der Waals surface area contributed by atoms with Gasteiger partial charge in [-0.05, 0) is 12.8 Å². The molecule has 0 amide bonds. The van der Waals surface area contributed by atoms with E-state index < -0.39 is 5.41 Å². The Balaban J connectivity index is 2.94. The van der Waals surface area contributed by atoms with Gasteiger partial charge in [-0.3, -0.25) is 4.79 Å². The Morgan fingerprint density at radius 1 is 1.54 bits per heavy atom. The van der Waals surface area contributed by atoms with Gasteiger partial charge in [0.2, 0.25) is 0 Å². The van der Waals surface area contributed by atoms with Crippen molar-refractivity contribution in [3.05, 3.63) is 0 Å². The van der Waals surface area contributed by atoms with Gasteiger partial charge in [-0.15, -0.1) is 0 Å². The summed E-state index contributed by atoms with van der Waals surface area (Å²) in [5, 5.41) is 9.00. The smallest absolute Gasteiger partial charge is 0.161 e. The monoisotopic (exact) mass is 181 g/mol. The number of ketones is 1. The molecule has 0 aromatic rings. The highest BCUT2D eigenvalue weighted by Gasteiger charge is 2.52. The van der Waals surface area contributed by atoms with Crippen LogP contribution in [0.4, 0.5) is 0 Å². The van der Waals surface area contributed by atoms with E-state index in [0.29, 0.717) is 6.42 Å². The molecule has 1 rings (SSSR count). The zero-order valence-corrected chi connectivity index (χ0v) is 8.39. The second kappa shape index (κ2) is 3.12. The van der Waals surface area contributed by atoms with Gasteiger partial charge in [-0.2, -0.15) is 5.26 Å². The van der Waals surface area contributed by atoms with Gasteiger partial charge in [0.05, 0.1) is 12.7 Å². The molecule has 1 fully saturated rings. The van der Waals surface area contributed by atoms with E-state index >= 15 is 0 Å². The molecule has 0 aliphatic heterocycles. The number of carbonyl (C=O) groups is 1. The summed E-state index contributed by atoms with van der Waals surface area (Å²) in [6, 6.07) is 2.11. The average Bonchev–Trinajstić information content (AvgIpc) is 2.31. The molecule has 0 bridgehead atoms. The van der Waals surface area contributed by atoms with Crippen LogP contribution in [-0.4, -0.2) is 19.5 Å². The van der Waals surface area contributed by atoms with E-state index in [0.717, 1.165) is 6.42 Å². The lowest BCUT2D eigenvalue weighted by atomic mass is 9.81. The molecule has 72 valence electrons. The first kappa shape index (κ1) is 10.2. The van der Waals surface area contributed by atoms with E-state index in [4.69, 9.17) is 10.00 Å². The summed E-state index contributed by atoms with van der Waals surface area (Å²) in [5.41, 5.74) is -1.23. The summed E-state index contributed by atoms with van der Waals surface area (Å²) in [4.78, 5) is 11.9. The third-order valence-electron chi connectivity index (χ3n) is 2.83. The Morgan fingerprint density at radius 2 is 2.15 bits per heavy atom. The molecule has 3 nitrogen and oxygen atoms in total.